The van der Waals surface area contributed by atoms with E-state index in [4.69, 9.17) is 16.3 Å². The third kappa shape index (κ3) is 6.34. The monoisotopic (exact) mass is 497 g/mol. The number of carbonyl (C=O) groups is 2. The van der Waals surface area contributed by atoms with Gasteiger partial charge in [0.25, 0.3) is 5.91 Å². The summed E-state index contributed by atoms with van der Waals surface area (Å²) in [6, 6.07) is 10.8. The van der Waals surface area contributed by atoms with Crippen molar-refractivity contribution in [3.63, 3.8) is 0 Å². The highest BCUT2D eigenvalue weighted by atomic mass is 35.5. The molecule has 0 aliphatic carbocycles. The van der Waals surface area contributed by atoms with Gasteiger partial charge in [-0.2, -0.15) is 13.2 Å². The first kappa shape index (κ1) is 25.7. The van der Waals surface area contributed by atoms with Crippen LogP contribution in [0.1, 0.15) is 30.9 Å². The van der Waals surface area contributed by atoms with E-state index in [2.05, 4.69) is 19.2 Å². The lowest BCUT2D eigenvalue weighted by Crippen LogP contribution is -2.52. The van der Waals surface area contributed by atoms with E-state index in [1.165, 1.54) is 0 Å². The molecule has 2 amide bonds. The van der Waals surface area contributed by atoms with Crippen LogP contribution in [0.15, 0.2) is 36.4 Å². The van der Waals surface area contributed by atoms with Gasteiger partial charge in [-0.25, -0.2) is 0 Å². The maximum absolute atomic E-state index is 12.6. The van der Waals surface area contributed by atoms with Gasteiger partial charge in [0.15, 0.2) is 6.61 Å². The van der Waals surface area contributed by atoms with Crippen molar-refractivity contribution >= 4 is 34.8 Å². The fourth-order valence-electron chi connectivity index (χ4n) is 3.75. The lowest BCUT2D eigenvalue weighted by molar-refractivity contribution is -0.185. The van der Waals surface area contributed by atoms with Gasteiger partial charge in [-0.05, 0) is 48.2 Å². The second-order valence-corrected chi connectivity index (χ2v) is 8.88. The van der Waals surface area contributed by atoms with Gasteiger partial charge in [-0.1, -0.05) is 37.6 Å². The molecule has 0 saturated carbocycles. The largest absolute Gasteiger partial charge is 0.483 e. The highest BCUT2D eigenvalue weighted by molar-refractivity contribution is 6.33. The van der Waals surface area contributed by atoms with Crippen molar-refractivity contribution in [2.24, 2.45) is 0 Å². The Morgan fingerprint density at radius 3 is 2.35 bits per heavy atom. The number of benzene rings is 2. The van der Waals surface area contributed by atoms with E-state index in [0.29, 0.717) is 22.1 Å². The molecule has 184 valence electrons. The Morgan fingerprint density at radius 2 is 1.76 bits per heavy atom. The van der Waals surface area contributed by atoms with E-state index in [-0.39, 0.29) is 44.6 Å². The molecule has 34 heavy (non-hydrogen) atoms. The first-order valence-corrected chi connectivity index (χ1v) is 11.3. The summed E-state index contributed by atoms with van der Waals surface area (Å²) < 4.78 is 43.6. The first-order valence-electron chi connectivity index (χ1n) is 10.9. The van der Waals surface area contributed by atoms with Gasteiger partial charge in [0.05, 0.1) is 10.7 Å². The summed E-state index contributed by atoms with van der Waals surface area (Å²) in [6.07, 6.45) is -4.88. The number of aryl methyl sites for hydroxylation is 1. The Morgan fingerprint density at radius 1 is 1.09 bits per heavy atom. The average molecular weight is 498 g/mol. The lowest BCUT2D eigenvalue weighted by atomic mass is 10.0. The summed E-state index contributed by atoms with van der Waals surface area (Å²) in [7, 11) is 0. The Labute approximate surface area is 201 Å². The van der Waals surface area contributed by atoms with Gasteiger partial charge in [0.2, 0.25) is 0 Å². The van der Waals surface area contributed by atoms with Gasteiger partial charge >= 0.3 is 12.1 Å². The molecule has 1 aliphatic heterocycles. The molecule has 6 nitrogen and oxygen atoms in total. The third-order valence-corrected chi connectivity index (χ3v) is 5.83. The molecular weight excluding hydrogens is 471 g/mol. The van der Waals surface area contributed by atoms with E-state index < -0.39 is 12.1 Å². The standard InChI is InChI=1S/C24H27ClF3N3O3/c1-15(2)18-6-4-16(3)12-21(18)34-14-22(32)29-17-5-7-20(19(25)13-17)30-8-10-31(11-9-30)23(33)24(26,27)28/h4-7,12-13,15H,8-11,14H2,1-3H3,(H,29,32). The van der Waals surface area contributed by atoms with E-state index in [1.54, 1.807) is 18.2 Å². The van der Waals surface area contributed by atoms with E-state index >= 15 is 0 Å². The number of piperazine rings is 1. The molecule has 2 aromatic carbocycles. The number of halogens is 4. The van der Waals surface area contributed by atoms with Crippen molar-refractivity contribution in [1.29, 1.82) is 0 Å². The molecule has 1 heterocycles. The zero-order chi connectivity index (χ0) is 25.0. The molecule has 1 N–H and O–H groups in total. The SMILES string of the molecule is Cc1ccc(C(C)C)c(OCC(=O)Nc2ccc(N3CCN(C(=O)C(F)(F)F)CC3)c(Cl)c2)c1. The first-order chi connectivity index (χ1) is 16.0. The number of amides is 2. The molecular formula is C24H27ClF3N3O3. The molecule has 0 radical (unpaired) electrons. The Kier molecular flexibility index (Phi) is 7.97. The lowest BCUT2D eigenvalue weighted by Gasteiger charge is -2.36. The molecule has 0 atom stereocenters. The molecule has 0 unspecified atom stereocenters. The Bertz CT molecular complexity index is 1050. The highest BCUT2D eigenvalue weighted by Gasteiger charge is 2.43. The van der Waals surface area contributed by atoms with Gasteiger partial charge in [0.1, 0.15) is 5.75 Å². The third-order valence-electron chi connectivity index (χ3n) is 5.53. The van der Waals surface area contributed by atoms with Crippen molar-refractivity contribution in [1.82, 2.24) is 4.90 Å². The zero-order valence-corrected chi connectivity index (χ0v) is 20.0. The smallest absolute Gasteiger partial charge is 0.471 e. The summed E-state index contributed by atoms with van der Waals surface area (Å²) in [5.41, 5.74) is 3.14. The number of anilines is 2. The van der Waals surface area contributed by atoms with E-state index in [0.717, 1.165) is 16.0 Å². The number of carbonyl (C=O) groups excluding carboxylic acids is 2. The maximum atomic E-state index is 12.6. The van der Waals surface area contributed by atoms with Gasteiger partial charge in [-0.3, -0.25) is 9.59 Å². The second kappa shape index (κ2) is 10.5. The topological polar surface area (TPSA) is 61.9 Å². The Hall–Kier alpha value is -2.94. The Balaban J connectivity index is 1.57. The van der Waals surface area contributed by atoms with Crippen LogP contribution in [0, 0.1) is 6.92 Å². The average Bonchev–Trinajstić information content (AvgIpc) is 2.76. The number of hydrogen-bond acceptors (Lipinski definition) is 4. The van der Waals surface area contributed by atoms with Crippen LogP contribution in [0.5, 0.6) is 5.75 Å². The number of ether oxygens (including phenoxy) is 1. The van der Waals surface area contributed by atoms with Crippen molar-refractivity contribution < 1.29 is 27.5 Å². The number of rotatable bonds is 6. The molecule has 1 aliphatic rings. The minimum Gasteiger partial charge on any atom is -0.483 e. The summed E-state index contributed by atoms with van der Waals surface area (Å²) in [5.74, 6) is -1.26. The molecule has 10 heteroatoms. The van der Waals surface area contributed by atoms with E-state index in [1.807, 2.05) is 30.0 Å². The molecule has 3 rings (SSSR count). The second-order valence-electron chi connectivity index (χ2n) is 8.48. The van der Waals surface area contributed by atoms with Crippen molar-refractivity contribution in [2.45, 2.75) is 32.9 Å². The minimum absolute atomic E-state index is 0.0537. The summed E-state index contributed by atoms with van der Waals surface area (Å²) in [6.45, 7) is 6.21. The summed E-state index contributed by atoms with van der Waals surface area (Å²) in [4.78, 5) is 26.4. The van der Waals surface area contributed by atoms with Crippen LogP contribution in [0.4, 0.5) is 24.5 Å². The fraction of sp³-hybridized carbons (Fsp3) is 0.417. The number of hydrogen-bond donors (Lipinski definition) is 1. The van der Waals surface area contributed by atoms with Crippen LogP contribution in [-0.4, -0.2) is 55.7 Å². The van der Waals surface area contributed by atoms with Crippen LogP contribution in [0.3, 0.4) is 0 Å². The predicted molar refractivity (Wildman–Crippen MR) is 126 cm³/mol. The zero-order valence-electron chi connectivity index (χ0n) is 19.2. The van der Waals surface area contributed by atoms with Gasteiger partial charge in [0, 0.05) is 31.9 Å². The van der Waals surface area contributed by atoms with Crippen LogP contribution in [0.25, 0.3) is 0 Å². The van der Waals surface area contributed by atoms with Crippen LogP contribution < -0.4 is 15.0 Å². The van der Waals surface area contributed by atoms with Gasteiger partial charge in [-0.15, -0.1) is 0 Å². The van der Waals surface area contributed by atoms with Gasteiger partial charge < -0.3 is 19.9 Å². The number of nitrogens with one attached hydrogen (secondary N) is 1. The van der Waals surface area contributed by atoms with E-state index in [9.17, 15) is 22.8 Å². The predicted octanol–water partition coefficient (Wildman–Crippen LogP) is 5.00. The summed E-state index contributed by atoms with van der Waals surface area (Å²) in [5, 5.41) is 3.08. The van der Waals surface area contributed by atoms with Crippen LogP contribution >= 0.6 is 11.6 Å². The van der Waals surface area contributed by atoms with Crippen molar-refractivity contribution in [3.8, 4) is 5.75 Å². The number of nitrogens with zero attached hydrogens (tertiary/aromatic N) is 2. The van der Waals surface area contributed by atoms with Crippen molar-refractivity contribution in [2.75, 3.05) is 43.0 Å². The molecule has 0 spiro atoms. The maximum Gasteiger partial charge on any atom is 0.471 e. The number of alkyl halides is 3. The summed E-state index contributed by atoms with van der Waals surface area (Å²) >= 11 is 6.38. The van der Waals surface area contributed by atoms with Crippen LogP contribution in [-0.2, 0) is 9.59 Å². The minimum atomic E-state index is -4.88. The van der Waals surface area contributed by atoms with Crippen LogP contribution in [0.2, 0.25) is 5.02 Å². The normalized spacial score (nSPS) is 14.4. The molecule has 1 fully saturated rings. The molecule has 0 bridgehead atoms. The fourth-order valence-corrected chi connectivity index (χ4v) is 4.05. The molecule has 1 saturated heterocycles. The highest BCUT2D eigenvalue weighted by Crippen LogP contribution is 2.31. The molecule has 2 aromatic rings. The van der Waals surface area contributed by atoms with Crippen molar-refractivity contribution in [3.05, 3.63) is 52.5 Å². The quantitative estimate of drug-likeness (QED) is 0.610. The molecule has 0 aromatic heterocycles.